The summed E-state index contributed by atoms with van der Waals surface area (Å²) < 4.78 is 2.08. The fraction of sp³-hybridized carbons (Fsp3) is 0.533. The van der Waals surface area contributed by atoms with Crippen LogP contribution in [0.3, 0.4) is 0 Å². The number of nitrogens with one attached hydrogen (secondary N) is 1. The van der Waals surface area contributed by atoms with E-state index in [0.717, 1.165) is 27.6 Å². The van der Waals surface area contributed by atoms with Gasteiger partial charge in [0, 0.05) is 15.1 Å². The van der Waals surface area contributed by atoms with Crippen LogP contribution in [0.1, 0.15) is 50.8 Å². The summed E-state index contributed by atoms with van der Waals surface area (Å²) in [5.41, 5.74) is 2.60. The van der Waals surface area contributed by atoms with E-state index in [1.807, 2.05) is 6.20 Å². The third kappa shape index (κ3) is 4.14. The normalized spacial score (nSPS) is 17.1. The van der Waals surface area contributed by atoms with Gasteiger partial charge in [-0.05, 0) is 76.6 Å². The minimum absolute atomic E-state index is 0.253. The molecule has 2 nitrogen and oxygen atoms in total. The highest BCUT2D eigenvalue weighted by Gasteiger charge is 2.21. The van der Waals surface area contributed by atoms with Gasteiger partial charge in [0.1, 0.15) is 0 Å². The Morgan fingerprint density at radius 2 is 2.21 bits per heavy atom. The zero-order valence-electron chi connectivity index (χ0n) is 11.3. The highest BCUT2D eigenvalue weighted by molar-refractivity contribution is 9.11. The average molecular weight is 388 g/mol. The molecule has 0 aromatic carbocycles. The Kier molecular flexibility index (Phi) is 6.05. The van der Waals surface area contributed by atoms with Gasteiger partial charge in [0.05, 0.1) is 11.7 Å². The molecule has 0 amide bonds. The maximum Gasteiger partial charge on any atom is 0.0757 e. The van der Waals surface area contributed by atoms with Crippen molar-refractivity contribution in [3.05, 3.63) is 38.6 Å². The molecule has 0 bridgehead atoms. The monoisotopic (exact) mass is 386 g/mol. The van der Waals surface area contributed by atoms with Gasteiger partial charge in [-0.3, -0.25) is 4.98 Å². The van der Waals surface area contributed by atoms with Crippen molar-refractivity contribution in [2.75, 3.05) is 6.54 Å². The molecule has 4 heteroatoms. The zero-order valence-corrected chi connectivity index (χ0v) is 14.4. The molecule has 1 aromatic heterocycles. The van der Waals surface area contributed by atoms with Crippen molar-refractivity contribution < 1.29 is 0 Å². The average Bonchev–Trinajstić information content (AvgIpc) is 2.42. The third-order valence-corrected chi connectivity index (χ3v) is 4.47. The Bertz CT molecular complexity index is 457. The molecule has 2 rings (SSSR count). The Hall–Kier alpha value is -0.190. The van der Waals surface area contributed by atoms with E-state index in [2.05, 4.69) is 61.2 Å². The van der Waals surface area contributed by atoms with Gasteiger partial charge in [0.15, 0.2) is 0 Å². The largest absolute Gasteiger partial charge is 0.305 e. The van der Waals surface area contributed by atoms with E-state index in [-0.39, 0.29) is 6.04 Å². The van der Waals surface area contributed by atoms with Crippen molar-refractivity contribution in [2.24, 2.45) is 0 Å². The van der Waals surface area contributed by atoms with Gasteiger partial charge in [-0.15, -0.1) is 0 Å². The second-order valence-electron chi connectivity index (χ2n) is 4.93. The molecule has 0 radical (unpaired) electrons. The summed E-state index contributed by atoms with van der Waals surface area (Å²) in [4.78, 5) is 4.61. The van der Waals surface area contributed by atoms with Crippen LogP contribution in [0.2, 0.25) is 0 Å². The topological polar surface area (TPSA) is 24.9 Å². The lowest BCUT2D eigenvalue weighted by Gasteiger charge is -2.25. The van der Waals surface area contributed by atoms with Crippen LogP contribution in [0.5, 0.6) is 0 Å². The second kappa shape index (κ2) is 7.55. The molecule has 1 heterocycles. The predicted octanol–water partition coefficient (Wildman–Crippen LogP) is 5.15. The molecular formula is C15H20Br2N2. The molecule has 19 heavy (non-hydrogen) atoms. The van der Waals surface area contributed by atoms with Crippen LogP contribution in [0.15, 0.2) is 32.9 Å². The predicted molar refractivity (Wildman–Crippen MR) is 87.2 cm³/mol. The summed E-state index contributed by atoms with van der Waals surface area (Å²) in [5, 5.41) is 3.64. The maximum absolute atomic E-state index is 4.61. The Morgan fingerprint density at radius 1 is 1.37 bits per heavy atom. The van der Waals surface area contributed by atoms with Gasteiger partial charge >= 0.3 is 0 Å². The van der Waals surface area contributed by atoms with E-state index in [4.69, 9.17) is 0 Å². The van der Waals surface area contributed by atoms with Crippen molar-refractivity contribution in [3.8, 4) is 0 Å². The summed E-state index contributed by atoms with van der Waals surface area (Å²) in [7, 11) is 0. The van der Waals surface area contributed by atoms with Gasteiger partial charge < -0.3 is 5.32 Å². The zero-order chi connectivity index (χ0) is 13.7. The van der Waals surface area contributed by atoms with Gasteiger partial charge in [-0.1, -0.05) is 18.6 Å². The molecule has 1 atom stereocenters. The molecule has 0 fully saturated rings. The van der Waals surface area contributed by atoms with Gasteiger partial charge in [0.25, 0.3) is 0 Å². The first-order valence-corrected chi connectivity index (χ1v) is 8.54. The lowest BCUT2D eigenvalue weighted by molar-refractivity contribution is 0.536. The van der Waals surface area contributed by atoms with Crippen molar-refractivity contribution in [1.82, 2.24) is 10.3 Å². The molecule has 0 saturated heterocycles. The van der Waals surface area contributed by atoms with Crippen molar-refractivity contribution >= 4 is 31.9 Å². The van der Waals surface area contributed by atoms with E-state index < -0.39 is 0 Å². The van der Waals surface area contributed by atoms with E-state index >= 15 is 0 Å². The Morgan fingerprint density at radius 3 is 2.84 bits per heavy atom. The van der Waals surface area contributed by atoms with Crippen molar-refractivity contribution in [1.29, 1.82) is 0 Å². The van der Waals surface area contributed by atoms with Crippen molar-refractivity contribution in [3.63, 3.8) is 0 Å². The number of allylic oxidation sites excluding steroid dienone is 1. The molecule has 1 aliphatic carbocycles. The first kappa shape index (κ1) is 15.2. The number of rotatable bonds is 5. The first-order chi connectivity index (χ1) is 9.22. The number of hydrogen-bond donors (Lipinski definition) is 1. The lowest BCUT2D eigenvalue weighted by atomic mass is 9.92. The molecule has 1 aliphatic rings. The summed E-state index contributed by atoms with van der Waals surface area (Å²) in [6.07, 6.45) is 10.4. The van der Waals surface area contributed by atoms with Crippen molar-refractivity contribution in [2.45, 2.75) is 45.1 Å². The van der Waals surface area contributed by atoms with Gasteiger partial charge in [0.2, 0.25) is 0 Å². The van der Waals surface area contributed by atoms with Crippen LogP contribution < -0.4 is 5.32 Å². The Balaban J connectivity index is 2.27. The number of hydrogen-bond acceptors (Lipinski definition) is 2. The fourth-order valence-electron chi connectivity index (χ4n) is 2.45. The molecule has 0 saturated carbocycles. The molecule has 1 N–H and O–H groups in total. The van der Waals surface area contributed by atoms with Gasteiger partial charge in [-0.2, -0.15) is 0 Å². The van der Waals surface area contributed by atoms with Crippen LogP contribution in [0.25, 0.3) is 0 Å². The lowest BCUT2D eigenvalue weighted by Crippen LogP contribution is -2.26. The van der Waals surface area contributed by atoms with Crippen LogP contribution in [0.4, 0.5) is 0 Å². The molecule has 1 aromatic rings. The maximum atomic E-state index is 4.61. The summed E-state index contributed by atoms with van der Waals surface area (Å²) in [5.74, 6) is 0. The number of pyridine rings is 1. The fourth-order valence-corrected chi connectivity index (χ4v) is 3.67. The summed E-state index contributed by atoms with van der Waals surface area (Å²) in [6.45, 7) is 3.22. The third-order valence-electron chi connectivity index (χ3n) is 3.41. The summed E-state index contributed by atoms with van der Waals surface area (Å²) in [6, 6.07) is 2.33. The molecule has 0 aliphatic heterocycles. The minimum atomic E-state index is 0.253. The molecular weight excluding hydrogens is 368 g/mol. The van der Waals surface area contributed by atoms with E-state index in [1.54, 1.807) is 0 Å². The second-order valence-corrected chi connectivity index (χ2v) is 6.70. The quantitative estimate of drug-likeness (QED) is 0.706. The van der Waals surface area contributed by atoms with E-state index in [9.17, 15) is 0 Å². The standard InChI is InChI=1S/C15H20Br2N2/c1-2-8-18-14(11-6-4-3-5-7-11)15-13(17)9-12(16)10-19-15/h6,9-10,14,18H,2-5,7-8H2,1H3. The minimum Gasteiger partial charge on any atom is -0.305 e. The Labute approximate surface area is 132 Å². The molecule has 104 valence electrons. The van der Waals surface area contributed by atoms with Gasteiger partial charge in [-0.25, -0.2) is 0 Å². The number of nitrogens with zero attached hydrogens (tertiary/aromatic N) is 1. The highest BCUT2D eigenvalue weighted by atomic mass is 79.9. The molecule has 1 unspecified atom stereocenters. The summed E-state index contributed by atoms with van der Waals surface area (Å²) >= 11 is 7.11. The first-order valence-electron chi connectivity index (χ1n) is 6.95. The van der Waals surface area contributed by atoms with Crippen LogP contribution in [-0.4, -0.2) is 11.5 Å². The number of aromatic nitrogens is 1. The van der Waals surface area contributed by atoms with Crippen LogP contribution in [0, 0.1) is 0 Å². The van der Waals surface area contributed by atoms with Crippen LogP contribution >= 0.6 is 31.9 Å². The number of halogens is 2. The van der Waals surface area contributed by atoms with E-state index in [1.165, 1.54) is 31.3 Å². The smallest absolute Gasteiger partial charge is 0.0757 e. The molecule has 0 spiro atoms. The SMILES string of the molecule is CCCNC(C1=CCCCC1)c1ncc(Br)cc1Br. The highest BCUT2D eigenvalue weighted by Crippen LogP contribution is 2.33. The van der Waals surface area contributed by atoms with Crippen LogP contribution in [-0.2, 0) is 0 Å². The van der Waals surface area contributed by atoms with E-state index in [0.29, 0.717) is 0 Å².